The van der Waals surface area contributed by atoms with Crippen molar-refractivity contribution in [1.29, 1.82) is 0 Å². The van der Waals surface area contributed by atoms with E-state index in [0.29, 0.717) is 36.7 Å². The molecule has 2 aromatic heterocycles. The summed E-state index contributed by atoms with van der Waals surface area (Å²) in [6.07, 6.45) is 1.52. The van der Waals surface area contributed by atoms with Gasteiger partial charge in [-0.25, -0.2) is 4.68 Å². The second kappa shape index (κ2) is 7.60. The van der Waals surface area contributed by atoms with Gasteiger partial charge in [-0.2, -0.15) is 10.1 Å². The molecule has 1 saturated heterocycles. The van der Waals surface area contributed by atoms with Crippen LogP contribution in [0.4, 0.5) is 0 Å². The van der Waals surface area contributed by atoms with E-state index in [0.717, 1.165) is 23.1 Å². The average molecular weight is 388 g/mol. The average Bonchev–Trinajstić information content (AvgIpc) is 3.44. The van der Waals surface area contributed by atoms with Gasteiger partial charge in [0.1, 0.15) is 6.54 Å². The fourth-order valence-electron chi connectivity index (χ4n) is 3.70. The van der Waals surface area contributed by atoms with Gasteiger partial charge in [0.2, 0.25) is 5.89 Å². The number of benzene rings is 2. The molecule has 7 nitrogen and oxygen atoms in total. The van der Waals surface area contributed by atoms with Crippen LogP contribution in [-0.4, -0.2) is 33.1 Å². The summed E-state index contributed by atoms with van der Waals surface area (Å²) in [5, 5.41) is 10.2. The van der Waals surface area contributed by atoms with Crippen molar-refractivity contribution in [3.63, 3.8) is 0 Å². The summed E-state index contributed by atoms with van der Waals surface area (Å²) >= 11 is 0. The lowest BCUT2D eigenvalue weighted by Gasteiger charge is -2.10. The Morgan fingerprint density at radius 3 is 2.62 bits per heavy atom. The standard InChI is InChI=1S/C22H20N4O3/c27-22-18-9-5-4-8-17(18)19(12-15-6-2-1-3-7-15)24-26(22)13-20-23-21(25-29-20)16-10-11-28-14-16/h1-9,16H,10-14H2. The van der Waals surface area contributed by atoms with Crippen molar-refractivity contribution >= 4 is 10.8 Å². The van der Waals surface area contributed by atoms with Crippen LogP contribution in [-0.2, 0) is 17.7 Å². The highest BCUT2D eigenvalue weighted by Crippen LogP contribution is 2.22. The summed E-state index contributed by atoms with van der Waals surface area (Å²) in [4.78, 5) is 17.5. The Labute approximate surface area is 166 Å². The van der Waals surface area contributed by atoms with E-state index < -0.39 is 0 Å². The molecule has 146 valence electrons. The van der Waals surface area contributed by atoms with E-state index in [1.807, 2.05) is 42.5 Å². The lowest BCUT2D eigenvalue weighted by molar-refractivity contribution is 0.192. The fraction of sp³-hybridized carbons (Fsp3) is 0.273. The van der Waals surface area contributed by atoms with Crippen LogP contribution in [0, 0.1) is 0 Å². The minimum Gasteiger partial charge on any atom is -0.381 e. The molecule has 0 saturated carbocycles. The van der Waals surface area contributed by atoms with Gasteiger partial charge in [-0.05, 0) is 18.1 Å². The van der Waals surface area contributed by atoms with Crippen LogP contribution in [0.15, 0.2) is 63.9 Å². The SMILES string of the molecule is O=c1c2ccccc2c(Cc2ccccc2)nn1Cc1nc(C2CCOC2)no1. The molecule has 1 atom stereocenters. The van der Waals surface area contributed by atoms with E-state index in [4.69, 9.17) is 9.26 Å². The number of aromatic nitrogens is 4. The number of fused-ring (bicyclic) bond motifs is 1. The Morgan fingerprint density at radius 1 is 1.03 bits per heavy atom. The molecule has 0 amide bonds. The van der Waals surface area contributed by atoms with Crippen LogP contribution >= 0.6 is 0 Å². The molecular formula is C22H20N4O3. The van der Waals surface area contributed by atoms with Crippen molar-refractivity contribution in [2.75, 3.05) is 13.2 Å². The highest BCUT2D eigenvalue weighted by atomic mass is 16.5. The molecule has 0 spiro atoms. The van der Waals surface area contributed by atoms with Crippen LogP contribution in [0.5, 0.6) is 0 Å². The fourth-order valence-corrected chi connectivity index (χ4v) is 3.70. The van der Waals surface area contributed by atoms with Gasteiger partial charge in [0.15, 0.2) is 5.82 Å². The van der Waals surface area contributed by atoms with Crippen molar-refractivity contribution in [1.82, 2.24) is 19.9 Å². The normalized spacial score (nSPS) is 16.5. The van der Waals surface area contributed by atoms with Gasteiger partial charge in [0.25, 0.3) is 5.56 Å². The van der Waals surface area contributed by atoms with Crippen LogP contribution in [0.25, 0.3) is 10.8 Å². The van der Waals surface area contributed by atoms with E-state index in [9.17, 15) is 4.79 Å². The number of nitrogens with zero attached hydrogens (tertiary/aromatic N) is 4. The van der Waals surface area contributed by atoms with Crippen LogP contribution in [0.2, 0.25) is 0 Å². The molecule has 0 radical (unpaired) electrons. The zero-order valence-electron chi connectivity index (χ0n) is 15.8. The molecule has 1 aliphatic rings. The van der Waals surface area contributed by atoms with Crippen molar-refractivity contribution in [3.8, 4) is 0 Å². The Kier molecular flexibility index (Phi) is 4.65. The van der Waals surface area contributed by atoms with Gasteiger partial charge in [0, 0.05) is 24.3 Å². The van der Waals surface area contributed by atoms with Gasteiger partial charge < -0.3 is 9.26 Å². The Hall–Kier alpha value is -3.32. The van der Waals surface area contributed by atoms with Crippen molar-refractivity contribution in [2.45, 2.75) is 25.3 Å². The van der Waals surface area contributed by atoms with E-state index >= 15 is 0 Å². The third-order valence-corrected chi connectivity index (χ3v) is 5.22. The van der Waals surface area contributed by atoms with Crippen LogP contribution in [0.1, 0.15) is 35.3 Å². The lowest BCUT2D eigenvalue weighted by Crippen LogP contribution is -2.25. The largest absolute Gasteiger partial charge is 0.381 e. The maximum Gasteiger partial charge on any atom is 0.275 e. The minimum atomic E-state index is -0.165. The Bertz CT molecular complexity index is 1190. The van der Waals surface area contributed by atoms with E-state index in [-0.39, 0.29) is 18.0 Å². The molecule has 29 heavy (non-hydrogen) atoms. The Balaban J connectivity index is 1.52. The summed E-state index contributed by atoms with van der Waals surface area (Å²) in [5.41, 5.74) is 1.81. The first-order valence-electron chi connectivity index (χ1n) is 9.71. The molecule has 4 aromatic rings. The smallest absolute Gasteiger partial charge is 0.275 e. The zero-order valence-corrected chi connectivity index (χ0v) is 15.8. The van der Waals surface area contributed by atoms with Crippen LogP contribution in [0.3, 0.4) is 0 Å². The molecule has 1 unspecified atom stereocenters. The molecule has 7 heteroatoms. The molecule has 0 N–H and O–H groups in total. The molecule has 3 heterocycles. The molecule has 0 aliphatic carbocycles. The monoisotopic (exact) mass is 388 g/mol. The highest BCUT2D eigenvalue weighted by molar-refractivity contribution is 5.83. The second-order valence-electron chi connectivity index (χ2n) is 7.22. The predicted molar refractivity (Wildman–Crippen MR) is 107 cm³/mol. The third kappa shape index (κ3) is 3.56. The predicted octanol–water partition coefficient (Wildman–Crippen LogP) is 2.92. The number of hydrogen-bond donors (Lipinski definition) is 0. The van der Waals surface area contributed by atoms with E-state index in [2.05, 4.69) is 27.4 Å². The topological polar surface area (TPSA) is 83.0 Å². The minimum absolute atomic E-state index is 0.145. The maximum atomic E-state index is 13.0. The first-order valence-corrected chi connectivity index (χ1v) is 9.71. The van der Waals surface area contributed by atoms with Gasteiger partial charge in [-0.3, -0.25) is 4.79 Å². The summed E-state index contributed by atoms with van der Waals surface area (Å²) in [7, 11) is 0. The van der Waals surface area contributed by atoms with Crippen molar-refractivity contribution < 1.29 is 9.26 Å². The van der Waals surface area contributed by atoms with Gasteiger partial charge in [-0.15, -0.1) is 0 Å². The van der Waals surface area contributed by atoms with Crippen molar-refractivity contribution in [3.05, 3.63) is 87.9 Å². The summed E-state index contributed by atoms with van der Waals surface area (Å²) in [6.45, 7) is 1.46. The summed E-state index contributed by atoms with van der Waals surface area (Å²) in [6, 6.07) is 17.7. The second-order valence-corrected chi connectivity index (χ2v) is 7.22. The summed E-state index contributed by atoms with van der Waals surface area (Å²) in [5.74, 6) is 1.17. The van der Waals surface area contributed by atoms with Crippen LogP contribution < -0.4 is 5.56 Å². The quantitative estimate of drug-likeness (QED) is 0.523. The number of ether oxygens (including phenoxy) is 1. The van der Waals surface area contributed by atoms with E-state index in [1.165, 1.54) is 4.68 Å². The Morgan fingerprint density at radius 2 is 1.83 bits per heavy atom. The lowest BCUT2D eigenvalue weighted by atomic mass is 10.0. The van der Waals surface area contributed by atoms with Gasteiger partial charge >= 0.3 is 0 Å². The van der Waals surface area contributed by atoms with Crippen molar-refractivity contribution in [2.24, 2.45) is 0 Å². The zero-order chi connectivity index (χ0) is 19.6. The maximum absolute atomic E-state index is 13.0. The van der Waals surface area contributed by atoms with E-state index in [1.54, 1.807) is 0 Å². The first kappa shape index (κ1) is 17.8. The number of hydrogen-bond acceptors (Lipinski definition) is 6. The molecule has 0 bridgehead atoms. The third-order valence-electron chi connectivity index (χ3n) is 5.22. The molecular weight excluding hydrogens is 368 g/mol. The molecule has 5 rings (SSSR count). The molecule has 1 fully saturated rings. The highest BCUT2D eigenvalue weighted by Gasteiger charge is 2.23. The van der Waals surface area contributed by atoms with Gasteiger partial charge in [0.05, 0.1) is 17.7 Å². The van der Waals surface area contributed by atoms with Gasteiger partial charge in [-0.1, -0.05) is 53.7 Å². The summed E-state index contributed by atoms with van der Waals surface area (Å²) < 4.78 is 12.2. The first-order chi connectivity index (χ1) is 14.3. The molecule has 2 aromatic carbocycles. The number of rotatable bonds is 5. The molecule has 1 aliphatic heterocycles.